The molecule has 0 radical (unpaired) electrons. The first-order valence-electron chi connectivity index (χ1n) is 11.2. The summed E-state index contributed by atoms with van der Waals surface area (Å²) in [5.41, 5.74) is 2.73. The minimum atomic E-state index is 0.00950. The Bertz CT molecular complexity index is 825. The van der Waals surface area contributed by atoms with Crippen LogP contribution in [0.1, 0.15) is 49.7 Å². The van der Waals surface area contributed by atoms with E-state index < -0.39 is 0 Å². The average molecular weight is 390 g/mol. The Morgan fingerprint density at radius 2 is 1.52 bits per heavy atom. The van der Waals surface area contributed by atoms with Crippen molar-refractivity contribution < 1.29 is 9.53 Å². The molecule has 2 aromatic rings. The summed E-state index contributed by atoms with van der Waals surface area (Å²) in [7, 11) is 0. The van der Waals surface area contributed by atoms with Crippen molar-refractivity contribution in [3.63, 3.8) is 0 Å². The minimum absolute atomic E-state index is 0.00950. The van der Waals surface area contributed by atoms with Gasteiger partial charge in [-0.15, -0.1) is 0 Å². The lowest BCUT2D eigenvalue weighted by atomic mass is 9.49. The molecule has 0 saturated heterocycles. The van der Waals surface area contributed by atoms with Crippen LogP contribution < -0.4 is 10.1 Å². The number of carbonyl (C=O) groups excluding carboxylic acids is 1. The van der Waals surface area contributed by atoms with Gasteiger partial charge < -0.3 is 10.1 Å². The molecule has 2 aromatic carbocycles. The summed E-state index contributed by atoms with van der Waals surface area (Å²) in [5.74, 6) is 3.56. The second-order valence-electron chi connectivity index (χ2n) is 9.75. The van der Waals surface area contributed by atoms with E-state index in [0.717, 1.165) is 42.0 Å². The van der Waals surface area contributed by atoms with Crippen molar-refractivity contribution in [3.8, 4) is 5.75 Å². The van der Waals surface area contributed by atoms with E-state index in [9.17, 15) is 4.79 Å². The zero-order chi connectivity index (χ0) is 19.7. The highest BCUT2D eigenvalue weighted by molar-refractivity contribution is 5.77. The van der Waals surface area contributed by atoms with Crippen LogP contribution in [0.25, 0.3) is 0 Å². The highest BCUT2D eigenvalue weighted by Crippen LogP contribution is 2.59. The molecule has 1 amide bonds. The van der Waals surface area contributed by atoms with Crippen molar-refractivity contribution in [3.05, 3.63) is 65.7 Å². The first kappa shape index (κ1) is 18.7. The molecule has 4 bridgehead atoms. The molecule has 3 heteroatoms. The summed E-state index contributed by atoms with van der Waals surface area (Å²) < 4.78 is 5.93. The number of para-hydroxylation sites is 1. The van der Waals surface area contributed by atoms with Gasteiger partial charge in [-0.2, -0.15) is 0 Å². The van der Waals surface area contributed by atoms with Crippen molar-refractivity contribution in [2.45, 2.75) is 44.9 Å². The molecular formula is C26H31NO2. The van der Waals surface area contributed by atoms with Crippen LogP contribution in [0.15, 0.2) is 54.6 Å². The van der Waals surface area contributed by atoms with Crippen molar-refractivity contribution in [2.24, 2.45) is 23.2 Å². The Hall–Kier alpha value is -2.29. The molecule has 0 atom stereocenters. The summed E-state index contributed by atoms with van der Waals surface area (Å²) in [4.78, 5) is 12.5. The molecule has 4 fully saturated rings. The van der Waals surface area contributed by atoms with Crippen LogP contribution in [0.2, 0.25) is 0 Å². The van der Waals surface area contributed by atoms with Crippen LogP contribution in [0.3, 0.4) is 0 Å². The molecule has 0 aromatic heterocycles. The summed E-state index contributed by atoms with van der Waals surface area (Å²) in [6.45, 7) is 0.933. The lowest BCUT2D eigenvalue weighted by Crippen LogP contribution is -2.51. The van der Waals surface area contributed by atoms with Gasteiger partial charge in [-0.3, -0.25) is 4.79 Å². The monoisotopic (exact) mass is 389 g/mol. The van der Waals surface area contributed by atoms with E-state index >= 15 is 0 Å². The normalized spacial score (nSPS) is 29.6. The van der Waals surface area contributed by atoms with Gasteiger partial charge in [0, 0.05) is 13.0 Å². The standard InChI is InChI=1S/C26H31NO2/c28-25(27-18-26-14-20-10-21(15-26)12-22(11-20)16-26)17-29-24-9-5-4-8-23(24)13-19-6-2-1-3-7-19/h1-9,20-22H,10-18H2,(H,27,28). The SMILES string of the molecule is O=C(COc1ccccc1Cc1ccccc1)NCC12CC3CC(CC(C3)C1)C2. The van der Waals surface area contributed by atoms with Crippen LogP contribution in [0, 0.1) is 23.2 Å². The fourth-order valence-electron chi connectivity index (χ4n) is 6.59. The third-order valence-corrected chi connectivity index (χ3v) is 7.39. The average Bonchev–Trinajstić information content (AvgIpc) is 2.71. The van der Waals surface area contributed by atoms with Gasteiger partial charge in [-0.05, 0) is 78.9 Å². The largest absolute Gasteiger partial charge is 0.483 e. The first-order valence-corrected chi connectivity index (χ1v) is 11.2. The topological polar surface area (TPSA) is 38.3 Å². The van der Waals surface area contributed by atoms with E-state index in [0.29, 0.717) is 5.41 Å². The number of rotatable bonds is 7. The third kappa shape index (κ3) is 4.19. The number of amides is 1. The maximum atomic E-state index is 12.5. The third-order valence-electron chi connectivity index (χ3n) is 7.39. The van der Waals surface area contributed by atoms with E-state index in [1.165, 1.54) is 44.1 Å². The van der Waals surface area contributed by atoms with E-state index in [4.69, 9.17) is 4.74 Å². The predicted octanol–water partition coefficient (Wildman–Crippen LogP) is 4.99. The molecule has 0 heterocycles. The zero-order valence-corrected chi connectivity index (χ0v) is 17.1. The van der Waals surface area contributed by atoms with Gasteiger partial charge in [0.2, 0.25) is 0 Å². The molecule has 0 spiro atoms. The maximum Gasteiger partial charge on any atom is 0.257 e. The van der Waals surface area contributed by atoms with Crippen LogP contribution in [0.4, 0.5) is 0 Å². The van der Waals surface area contributed by atoms with Crippen LogP contribution in [0.5, 0.6) is 5.75 Å². The molecule has 0 aliphatic heterocycles. The molecule has 152 valence electrons. The van der Waals surface area contributed by atoms with E-state index in [1.807, 2.05) is 24.3 Å². The summed E-state index contributed by atoms with van der Waals surface area (Å²) in [6, 6.07) is 18.4. The van der Waals surface area contributed by atoms with Crippen LogP contribution in [-0.2, 0) is 11.2 Å². The number of carbonyl (C=O) groups is 1. The summed E-state index contributed by atoms with van der Waals surface area (Å²) in [6.07, 6.45) is 9.09. The van der Waals surface area contributed by atoms with Gasteiger partial charge in [-0.25, -0.2) is 0 Å². The minimum Gasteiger partial charge on any atom is -0.483 e. The molecule has 6 rings (SSSR count). The number of hydrogen-bond acceptors (Lipinski definition) is 2. The summed E-state index contributed by atoms with van der Waals surface area (Å²) in [5, 5.41) is 3.22. The second kappa shape index (κ2) is 7.85. The Morgan fingerprint density at radius 1 is 0.897 bits per heavy atom. The Labute approximate surface area is 173 Å². The predicted molar refractivity (Wildman–Crippen MR) is 115 cm³/mol. The molecule has 0 unspecified atom stereocenters. The van der Waals surface area contributed by atoms with Gasteiger partial charge in [0.1, 0.15) is 5.75 Å². The van der Waals surface area contributed by atoms with Gasteiger partial charge >= 0.3 is 0 Å². The molecular weight excluding hydrogens is 358 g/mol. The lowest BCUT2D eigenvalue weighted by Gasteiger charge is -2.56. The van der Waals surface area contributed by atoms with Gasteiger partial charge in [-0.1, -0.05) is 48.5 Å². The first-order chi connectivity index (χ1) is 14.2. The second-order valence-corrected chi connectivity index (χ2v) is 9.75. The van der Waals surface area contributed by atoms with Gasteiger partial charge in [0.25, 0.3) is 5.91 Å². The molecule has 29 heavy (non-hydrogen) atoms. The molecule has 1 N–H and O–H groups in total. The van der Waals surface area contributed by atoms with Crippen LogP contribution >= 0.6 is 0 Å². The highest BCUT2D eigenvalue weighted by atomic mass is 16.5. The number of benzene rings is 2. The molecule has 4 aliphatic rings. The number of ether oxygens (including phenoxy) is 1. The lowest BCUT2D eigenvalue weighted by molar-refractivity contribution is -0.125. The Morgan fingerprint density at radius 3 is 2.21 bits per heavy atom. The molecule has 4 aliphatic carbocycles. The van der Waals surface area contributed by atoms with E-state index in [1.54, 1.807) is 0 Å². The summed E-state index contributed by atoms with van der Waals surface area (Å²) >= 11 is 0. The smallest absolute Gasteiger partial charge is 0.257 e. The molecule has 3 nitrogen and oxygen atoms in total. The van der Waals surface area contributed by atoms with Crippen molar-refractivity contribution >= 4 is 5.91 Å². The maximum absolute atomic E-state index is 12.5. The van der Waals surface area contributed by atoms with Crippen molar-refractivity contribution in [1.29, 1.82) is 0 Å². The van der Waals surface area contributed by atoms with Crippen molar-refractivity contribution in [2.75, 3.05) is 13.2 Å². The van der Waals surface area contributed by atoms with E-state index in [2.05, 4.69) is 35.6 Å². The van der Waals surface area contributed by atoms with Crippen molar-refractivity contribution in [1.82, 2.24) is 5.32 Å². The van der Waals surface area contributed by atoms with Crippen LogP contribution in [-0.4, -0.2) is 19.1 Å². The molecule has 4 saturated carbocycles. The highest BCUT2D eigenvalue weighted by Gasteiger charge is 2.50. The Kier molecular flexibility index (Phi) is 5.07. The fourth-order valence-corrected chi connectivity index (χ4v) is 6.59. The van der Waals surface area contributed by atoms with Gasteiger partial charge in [0.05, 0.1) is 0 Å². The Balaban J connectivity index is 1.16. The fraction of sp³-hybridized carbons (Fsp3) is 0.500. The van der Waals surface area contributed by atoms with Gasteiger partial charge in [0.15, 0.2) is 6.61 Å². The quantitative estimate of drug-likeness (QED) is 0.725. The number of nitrogens with one attached hydrogen (secondary N) is 1. The van der Waals surface area contributed by atoms with E-state index in [-0.39, 0.29) is 12.5 Å². The number of hydrogen-bond donors (Lipinski definition) is 1. The zero-order valence-electron chi connectivity index (χ0n) is 17.1.